The van der Waals surface area contributed by atoms with Gasteiger partial charge in [0.05, 0.1) is 22.1 Å². The number of ether oxygens (including phenoxy) is 1. The van der Waals surface area contributed by atoms with E-state index < -0.39 is 11.2 Å². The number of aryl methyl sites for hydroxylation is 1. The number of nitrogens with one attached hydrogen (secondary N) is 1. The second-order valence-corrected chi connectivity index (χ2v) is 8.06. The molecule has 1 aliphatic heterocycles. The van der Waals surface area contributed by atoms with Crippen LogP contribution >= 0.6 is 11.3 Å². The zero-order valence-corrected chi connectivity index (χ0v) is 16.9. The molecule has 0 aliphatic carbocycles. The molecule has 3 aromatic heterocycles. The van der Waals surface area contributed by atoms with E-state index in [4.69, 9.17) is 4.74 Å². The molecule has 0 saturated carbocycles. The highest BCUT2D eigenvalue weighted by Crippen LogP contribution is 2.42. The van der Waals surface area contributed by atoms with Crippen molar-refractivity contribution < 1.29 is 9.53 Å². The van der Waals surface area contributed by atoms with Gasteiger partial charge in [-0.2, -0.15) is 0 Å². The Balaban J connectivity index is 1.50. The SMILES string of the molecule is Cn1c(=O)c2cc(NC(=O)c3cc4c(s3)-c3ccccc3OC4)cnc2n(C)c1=O. The summed E-state index contributed by atoms with van der Waals surface area (Å²) in [6.45, 7) is 0.414. The monoisotopic (exact) mass is 420 g/mol. The summed E-state index contributed by atoms with van der Waals surface area (Å²) in [6, 6.07) is 11.1. The summed E-state index contributed by atoms with van der Waals surface area (Å²) in [4.78, 5) is 43.1. The van der Waals surface area contributed by atoms with Crippen LogP contribution in [-0.4, -0.2) is 20.0 Å². The van der Waals surface area contributed by atoms with E-state index in [1.54, 1.807) is 7.05 Å². The zero-order valence-electron chi connectivity index (χ0n) is 16.1. The third-order valence-electron chi connectivity index (χ3n) is 5.10. The van der Waals surface area contributed by atoms with Gasteiger partial charge in [-0.3, -0.25) is 18.7 Å². The van der Waals surface area contributed by atoms with Crippen LogP contribution in [0.1, 0.15) is 15.2 Å². The van der Waals surface area contributed by atoms with Gasteiger partial charge in [0.1, 0.15) is 18.0 Å². The quantitative estimate of drug-likeness (QED) is 0.538. The molecule has 9 heteroatoms. The highest BCUT2D eigenvalue weighted by Gasteiger charge is 2.22. The number of benzene rings is 1. The predicted molar refractivity (Wildman–Crippen MR) is 114 cm³/mol. The van der Waals surface area contributed by atoms with Gasteiger partial charge in [-0.05, 0) is 24.3 Å². The van der Waals surface area contributed by atoms with Crippen molar-refractivity contribution in [1.29, 1.82) is 0 Å². The largest absolute Gasteiger partial charge is 0.488 e. The molecule has 0 bridgehead atoms. The molecule has 1 N–H and O–H groups in total. The summed E-state index contributed by atoms with van der Waals surface area (Å²) in [5, 5.41) is 3.05. The van der Waals surface area contributed by atoms with Crippen molar-refractivity contribution in [2.24, 2.45) is 14.1 Å². The average molecular weight is 420 g/mol. The standard InChI is InChI=1S/C21H16N4O4S/c1-24-18-14(20(27)25(2)21(24)28)8-12(9-22-18)23-19(26)16-7-11-10-29-15-6-4-3-5-13(15)17(11)30-16/h3-9H,10H2,1-2H3,(H,23,26). The fourth-order valence-electron chi connectivity index (χ4n) is 3.54. The molecule has 1 amide bonds. The lowest BCUT2D eigenvalue weighted by atomic mass is 10.1. The number of amides is 1. The van der Waals surface area contributed by atoms with Gasteiger partial charge in [-0.25, -0.2) is 9.78 Å². The molecule has 5 rings (SSSR count). The lowest BCUT2D eigenvalue weighted by Gasteiger charge is -2.16. The highest BCUT2D eigenvalue weighted by molar-refractivity contribution is 7.17. The van der Waals surface area contributed by atoms with E-state index >= 15 is 0 Å². The number of aromatic nitrogens is 3. The van der Waals surface area contributed by atoms with Gasteiger partial charge in [0.15, 0.2) is 0 Å². The van der Waals surface area contributed by atoms with Crippen LogP contribution in [0.2, 0.25) is 0 Å². The van der Waals surface area contributed by atoms with Gasteiger partial charge in [-0.15, -0.1) is 11.3 Å². The van der Waals surface area contributed by atoms with Gasteiger partial charge in [0.2, 0.25) is 0 Å². The Morgan fingerprint density at radius 2 is 1.97 bits per heavy atom. The minimum atomic E-state index is -0.461. The number of carbonyl (C=O) groups is 1. The molecule has 8 nitrogen and oxygen atoms in total. The van der Waals surface area contributed by atoms with Crippen LogP contribution in [0.15, 0.2) is 52.2 Å². The van der Waals surface area contributed by atoms with Crippen LogP contribution in [0.4, 0.5) is 5.69 Å². The number of fused-ring (bicyclic) bond motifs is 4. The number of anilines is 1. The van der Waals surface area contributed by atoms with Gasteiger partial charge >= 0.3 is 5.69 Å². The number of carbonyl (C=O) groups excluding carboxylic acids is 1. The fourth-order valence-corrected chi connectivity index (χ4v) is 4.63. The zero-order chi connectivity index (χ0) is 21.0. The molecule has 0 spiro atoms. The summed E-state index contributed by atoms with van der Waals surface area (Å²) in [5.41, 5.74) is 1.66. The van der Waals surface area contributed by atoms with Crippen molar-refractivity contribution in [3.8, 4) is 16.2 Å². The maximum absolute atomic E-state index is 12.8. The van der Waals surface area contributed by atoms with E-state index in [1.807, 2.05) is 30.3 Å². The smallest absolute Gasteiger partial charge is 0.332 e. The maximum Gasteiger partial charge on any atom is 0.332 e. The predicted octanol–water partition coefficient (Wildman–Crippen LogP) is 2.51. The molecule has 0 saturated heterocycles. The van der Waals surface area contributed by atoms with Crippen molar-refractivity contribution in [3.05, 3.63) is 73.9 Å². The molecule has 0 unspecified atom stereocenters. The van der Waals surface area contributed by atoms with Crippen LogP contribution in [0.3, 0.4) is 0 Å². The molecule has 0 radical (unpaired) electrons. The van der Waals surface area contributed by atoms with Crippen molar-refractivity contribution in [3.63, 3.8) is 0 Å². The summed E-state index contributed by atoms with van der Waals surface area (Å²) in [7, 11) is 2.96. The number of hydrogen-bond donors (Lipinski definition) is 1. The normalized spacial score (nSPS) is 12.2. The second kappa shape index (κ2) is 6.67. The van der Waals surface area contributed by atoms with Crippen LogP contribution in [0.25, 0.3) is 21.5 Å². The first kappa shape index (κ1) is 18.3. The number of pyridine rings is 1. The number of para-hydroxylation sites is 1. The Morgan fingerprint density at radius 3 is 2.80 bits per heavy atom. The van der Waals surface area contributed by atoms with Gasteiger partial charge in [0.25, 0.3) is 11.5 Å². The molecule has 150 valence electrons. The maximum atomic E-state index is 12.8. The first-order chi connectivity index (χ1) is 14.4. The molecule has 1 aliphatic rings. The minimum absolute atomic E-state index is 0.255. The van der Waals surface area contributed by atoms with Crippen LogP contribution in [-0.2, 0) is 20.7 Å². The van der Waals surface area contributed by atoms with Crippen molar-refractivity contribution in [1.82, 2.24) is 14.1 Å². The van der Waals surface area contributed by atoms with E-state index in [1.165, 1.54) is 35.2 Å². The van der Waals surface area contributed by atoms with Crippen LogP contribution in [0, 0.1) is 0 Å². The number of hydrogen-bond acceptors (Lipinski definition) is 6. The minimum Gasteiger partial charge on any atom is -0.488 e. The molecule has 0 atom stereocenters. The lowest BCUT2D eigenvalue weighted by Crippen LogP contribution is -2.37. The summed E-state index contributed by atoms with van der Waals surface area (Å²) >= 11 is 1.40. The highest BCUT2D eigenvalue weighted by atomic mass is 32.1. The Morgan fingerprint density at radius 1 is 1.17 bits per heavy atom. The van der Waals surface area contributed by atoms with Gasteiger partial charge in [-0.1, -0.05) is 12.1 Å². The molecule has 4 aromatic rings. The Labute approximate surface area is 174 Å². The first-order valence-electron chi connectivity index (χ1n) is 9.16. The van der Waals surface area contributed by atoms with Crippen LogP contribution < -0.4 is 21.3 Å². The average Bonchev–Trinajstić information content (AvgIpc) is 3.21. The summed E-state index contributed by atoms with van der Waals surface area (Å²) in [6.07, 6.45) is 1.44. The Kier molecular flexibility index (Phi) is 4.07. The molecular formula is C21H16N4O4S. The van der Waals surface area contributed by atoms with Crippen molar-refractivity contribution in [2.45, 2.75) is 6.61 Å². The molecule has 30 heavy (non-hydrogen) atoms. The van der Waals surface area contributed by atoms with Crippen molar-refractivity contribution in [2.75, 3.05) is 5.32 Å². The van der Waals surface area contributed by atoms with Crippen LogP contribution in [0.5, 0.6) is 5.75 Å². The summed E-state index contributed by atoms with van der Waals surface area (Å²) < 4.78 is 8.07. The first-order valence-corrected chi connectivity index (χ1v) is 9.97. The third kappa shape index (κ3) is 2.74. The van der Waals surface area contributed by atoms with E-state index in [0.717, 1.165) is 26.3 Å². The number of rotatable bonds is 2. The number of thiophene rings is 1. The lowest BCUT2D eigenvalue weighted by molar-refractivity contribution is 0.103. The third-order valence-corrected chi connectivity index (χ3v) is 6.31. The van der Waals surface area contributed by atoms with E-state index in [2.05, 4.69) is 10.3 Å². The number of nitrogens with zero attached hydrogens (tertiary/aromatic N) is 3. The molecule has 1 aromatic carbocycles. The second-order valence-electron chi connectivity index (χ2n) is 7.00. The van der Waals surface area contributed by atoms with Gasteiger partial charge < -0.3 is 10.1 Å². The molecule has 4 heterocycles. The van der Waals surface area contributed by atoms with E-state index in [0.29, 0.717) is 17.2 Å². The van der Waals surface area contributed by atoms with Gasteiger partial charge in [0, 0.05) is 30.1 Å². The molecular weight excluding hydrogens is 404 g/mol. The topological polar surface area (TPSA) is 95.2 Å². The Hall–Kier alpha value is -3.72. The van der Waals surface area contributed by atoms with E-state index in [-0.39, 0.29) is 16.9 Å². The fraction of sp³-hybridized carbons (Fsp3) is 0.143. The van der Waals surface area contributed by atoms with Crippen molar-refractivity contribution >= 4 is 34.0 Å². The van der Waals surface area contributed by atoms with E-state index in [9.17, 15) is 14.4 Å². The summed E-state index contributed by atoms with van der Waals surface area (Å²) in [5.74, 6) is 0.508. The molecule has 0 fully saturated rings. The Bertz CT molecular complexity index is 1460.